The standard InChI is InChI=1S/C26H31N5O2/c1-18-9-11-19(12-10-18)23-29-26(33-30-23)22-8-5-15-27-24(22)31-16-13-20(14-17-31)25(32)28-21-6-3-2-4-7-21/h5,8-12,15,20-21H,2-4,6-7,13-14,16-17H2,1H3,(H,28,32). The van der Waals surface area contributed by atoms with Gasteiger partial charge in [0.25, 0.3) is 5.89 Å². The van der Waals surface area contributed by atoms with Gasteiger partial charge in [-0.05, 0) is 44.7 Å². The predicted octanol–water partition coefficient (Wildman–Crippen LogP) is 4.77. The molecule has 1 amide bonds. The van der Waals surface area contributed by atoms with Gasteiger partial charge < -0.3 is 14.7 Å². The number of hydrogen-bond acceptors (Lipinski definition) is 6. The van der Waals surface area contributed by atoms with E-state index in [1.807, 2.05) is 36.4 Å². The highest BCUT2D eigenvalue weighted by Gasteiger charge is 2.29. The fourth-order valence-electron chi connectivity index (χ4n) is 4.89. The summed E-state index contributed by atoms with van der Waals surface area (Å²) in [5.74, 6) is 2.17. The number of aromatic nitrogens is 3. The van der Waals surface area contributed by atoms with Crippen LogP contribution in [0.5, 0.6) is 0 Å². The zero-order chi connectivity index (χ0) is 22.6. The molecule has 0 radical (unpaired) electrons. The summed E-state index contributed by atoms with van der Waals surface area (Å²) in [6, 6.07) is 12.3. The van der Waals surface area contributed by atoms with Crippen molar-refractivity contribution < 1.29 is 9.32 Å². The molecule has 0 atom stereocenters. The van der Waals surface area contributed by atoms with E-state index >= 15 is 0 Å². The van der Waals surface area contributed by atoms with E-state index in [1.54, 1.807) is 6.20 Å². The monoisotopic (exact) mass is 445 g/mol. The van der Waals surface area contributed by atoms with Gasteiger partial charge in [-0.2, -0.15) is 4.98 Å². The molecule has 1 aliphatic heterocycles. The summed E-state index contributed by atoms with van der Waals surface area (Å²) in [4.78, 5) is 24.3. The Balaban J connectivity index is 1.26. The van der Waals surface area contributed by atoms with Gasteiger partial charge in [-0.3, -0.25) is 4.79 Å². The zero-order valence-electron chi connectivity index (χ0n) is 19.2. The van der Waals surface area contributed by atoms with E-state index in [4.69, 9.17) is 4.52 Å². The van der Waals surface area contributed by atoms with Gasteiger partial charge >= 0.3 is 0 Å². The zero-order valence-corrected chi connectivity index (χ0v) is 19.2. The minimum absolute atomic E-state index is 0.0758. The van der Waals surface area contributed by atoms with Crippen LogP contribution in [-0.4, -0.2) is 40.2 Å². The molecule has 1 saturated heterocycles. The van der Waals surface area contributed by atoms with Crippen LogP contribution in [0.3, 0.4) is 0 Å². The second-order valence-electron chi connectivity index (χ2n) is 9.27. The number of nitrogens with one attached hydrogen (secondary N) is 1. The molecule has 2 aromatic heterocycles. The van der Waals surface area contributed by atoms with Crippen molar-refractivity contribution in [2.24, 2.45) is 5.92 Å². The molecule has 1 N–H and O–H groups in total. The number of benzene rings is 1. The van der Waals surface area contributed by atoms with Crippen molar-refractivity contribution >= 4 is 11.7 Å². The molecular formula is C26H31N5O2. The number of anilines is 1. The summed E-state index contributed by atoms with van der Waals surface area (Å²) < 4.78 is 5.62. The van der Waals surface area contributed by atoms with Crippen LogP contribution in [0.1, 0.15) is 50.5 Å². The van der Waals surface area contributed by atoms with Crippen LogP contribution in [-0.2, 0) is 4.79 Å². The first-order chi connectivity index (χ1) is 16.2. The molecule has 2 fully saturated rings. The van der Waals surface area contributed by atoms with E-state index in [0.717, 1.165) is 55.7 Å². The predicted molar refractivity (Wildman–Crippen MR) is 128 cm³/mol. The normalized spacial score (nSPS) is 17.8. The molecule has 0 unspecified atom stereocenters. The van der Waals surface area contributed by atoms with E-state index in [2.05, 4.69) is 32.3 Å². The number of amides is 1. The second-order valence-corrected chi connectivity index (χ2v) is 9.27. The molecule has 33 heavy (non-hydrogen) atoms. The average Bonchev–Trinajstić information content (AvgIpc) is 3.35. The van der Waals surface area contributed by atoms with Crippen LogP contribution in [0.2, 0.25) is 0 Å². The van der Waals surface area contributed by atoms with Crippen molar-refractivity contribution in [1.29, 1.82) is 0 Å². The molecule has 5 rings (SSSR count). The molecule has 0 bridgehead atoms. The van der Waals surface area contributed by atoms with Crippen molar-refractivity contribution in [3.63, 3.8) is 0 Å². The molecule has 3 heterocycles. The Morgan fingerprint density at radius 1 is 1.03 bits per heavy atom. The molecule has 3 aromatic rings. The third kappa shape index (κ3) is 4.92. The van der Waals surface area contributed by atoms with Gasteiger partial charge in [0.2, 0.25) is 11.7 Å². The van der Waals surface area contributed by atoms with Gasteiger partial charge in [-0.15, -0.1) is 0 Å². The van der Waals surface area contributed by atoms with Crippen LogP contribution in [0.15, 0.2) is 47.1 Å². The molecule has 172 valence electrons. The van der Waals surface area contributed by atoms with E-state index in [-0.39, 0.29) is 11.8 Å². The van der Waals surface area contributed by atoms with Crippen molar-refractivity contribution in [3.05, 3.63) is 48.2 Å². The first-order valence-electron chi connectivity index (χ1n) is 12.1. The van der Waals surface area contributed by atoms with Crippen LogP contribution >= 0.6 is 0 Å². The summed E-state index contributed by atoms with van der Waals surface area (Å²) in [7, 11) is 0. The SMILES string of the molecule is Cc1ccc(-c2noc(-c3cccnc3N3CCC(C(=O)NC4CCCCC4)CC3)n2)cc1. The maximum Gasteiger partial charge on any atom is 0.261 e. The summed E-state index contributed by atoms with van der Waals surface area (Å²) >= 11 is 0. The Morgan fingerprint density at radius 2 is 1.79 bits per heavy atom. The topological polar surface area (TPSA) is 84.2 Å². The molecule has 0 spiro atoms. The van der Waals surface area contributed by atoms with Gasteiger partial charge in [0, 0.05) is 36.8 Å². The highest BCUT2D eigenvalue weighted by molar-refractivity contribution is 5.79. The fourth-order valence-corrected chi connectivity index (χ4v) is 4.89. The van der Waals surface area contributed by atoms with Crippen molar-refractivity contribution in [2.75, 3.05) is 18.0 Å². The first-order valence-corrected chi connectivity index (χ1v) is 12.1. The second kappa shape index (κ2) is 9.73. The van der Waals surface area contributed by atoms with Crippen LogP contribution < -0.4 is 10.2 Å². The summed E-state index contributed by atoms with van der Waals surface area (Å²) in [6.45, 7) is 3.62. The lowest BCUT2D eigenvalue weighted by Crippen LogP contribution is -2.44. The highest BCUT2D eigenvalue weighted by atomic mass is 16.5. The highest BCUT2D eigenvalue weighted by Crippen LogP contribution is 2.32. The number of nitrogens with zero attached hydrogens (tertiary/aromatic N) is 4. The lowest BCUT2D eigenvalue weighted by atomic mass is 9.92. The Labute approximate surface area is 194 Å². The fraction of sp³-hybridized carbons (Fsp3) is 0.462. The quantitative estimate of drug-likeness (QED) is 0.609. The maximum atomic E-state index is 12.8. The van der Waals surface area contributed by atoms with Gasteiger partial charge in [0.05, 0.1) is 5.56 Å². The van der Waals surface area contributed by atoms with Crippen molar-refractivity contribution in [3.8, 4) is 22.8 Å². The number of aryl methyl sites for hydroxylation is 1. The Bertz CT molecular complexity index is 1080. The third-order valence-electron chi connectivity index (χ3n) is 6.87. The van der Waals surface area contributed by atoms with Crippen LogP contribution in [0, 0.1) is 12.8 Å². The van der Waals surface area contributed by atoms with Gasteiger partial charge in [0.1, 0.15) is 5.82 Å². The minimum Gasteiger partial charge on any atom is -0.356 e. The maximum absolute atomic E-state index is 12.8. The number of carbonyl (C=O) groups is 1. The first kappa shape index (κ1) is 21.6. The molecule has 1 aliphatic carbocycles. The Hall–Kier alpha value is -3.22. The number of hydrogen-bond donors (Lipinski definition) is 1. The van der Waals surface area contributed by atoms with Crippen molar-refractivity contribution in [1.82, 2.24) is 20.4 Å². The lowest BCUT2D eigenvalue weighted by molar-refractivity contribution is -0.126. The van der Waals surface area contributed by atoms with Crippen LogP contribution in [0.25, 0.3) is 22.8 Å². The smallest absolute Gasteiger partial charge is 0.261 e. The number of carbonyl (C=O) groups excluding carboxylic acids is 1. The molecular weight excluding hydrogens is 414 g/mol. The largest absolute Gasteiger partial charge is 0.356 e. The Morgan fingerprint density at radius 3 is 2.55 bits per heavy atom. The van der Waals surface area contributed by atoms with E-state index in [0.29, 0.717) is 17.8 Å². The average molecular weight is 446 g/mol. The molecule has 7 heteroatoms. The number of rotatable bonds is 5. The summed E-state index contributed by atoms with van der Waals surface area (Å²) in [6.07, 6.45) is 9.44. The van der Waals surface area contributed by atoms with Gasteiger partial charge in [-0.1, -0.05) is 54.2 Å². The van der Waals surface area contributed by atoms with Crippen LogP contribution in [0.4, 0.5) is 5.82 Å². The van der Waals surface area contributed by atoms with E-state index in [1.165, 1.54) is 24.8 Å². The van der Waals surface area contributed by atoms with E-state index in [9.17, 15) is 4.79 Å². The van der Waals surface area contributed by atoms with Gasteiger partial charge in [0.15, 0.2) is 0 Å². The Kier molecular flexibility index (Phi) is 6.37. The molecule has 7 nitrogen and oxygen atoms in total. The number of piperidine rings is 1. The molecule has 1 saturated carbocycles. The third-order valence-corrected chi connectivity index (χ3v) is 6.87. The summed E-state index contributed by atoms with van der Waals surface area (Å²) in [5, 5.41) is 7.48. The molecule has 2 aliphatic rings. The summed E-state index contributed by atoms with van der Waals surface area (Å²) in [5.41, 5.74) is 2.94. The number of pyridine rings is 1. The van der Waals surface area contributed by atoms with E-state index < -0.39 is 0 Å². The lowest BCUT2D eigenvalue weighted by Gasteiger charge is -2.34. The molecule has 1 aromatic carbocycles. The minimum atomic E-state index is 0.0758. The van der Waals surface area contributed by atoms with Crippen molar-refractivity contribution in [2.45, 2.75) is 57.9 Å². The van der Waals surface area contributed by atoms with Gasteiger partial charge in [-0.25, -0.2) is 4.98 Å².